The molecule has 0 aliphatic carbocycles. The fraction of sp³-hybridized carbons (Fsp3) is 0.467. The Bertz CT molecular complexity index is 496. The van der Waals surface area contributed by atoms with E-state index in [9.17, 15) is 0 Å². The summed E-state index contributed by atoms with van der Waals surface area (Å²) in [5, 5.41) is 15.8. The Hall–Kier alpha value is -1.88. The van der Waals surface area contributed by atoms with Gasteiger partial charge in [0.05, 0.1) is 6.10 Å². The van der Waals surface area contributed by atoms with Crippen molar-refractivity contribution in [3.63, 3.8) is 0 Å². The molecule has 1 aromatic heterocycles. The number of nitrogens with zero attached hydrogens (tertiary/aromatic N) is 4. The lowest BCUT2D eigenvalue weighted by Gasteiger charge is -2.11. The normalized spacial score (nSPS) is 11.4. The zero-order valence-electron chi connectivity index (χ0n) is 12.8. The molecule has 2 aromatic rings. The summed E-state index contributed by atoms with van der Waals surface area (Å²) in [6.45, 7) is 10.5. The smallest absolute Gasteiger partial charge is 0.203 e. The molecule has 0 amide bonds. The van der Waals surface area contributed by atoms with Crippen LogP contribution >= 0.6 is 0 Å². The highest BCUT2D eigenvalue weighted by atomic mass is 16.5. The minimum atomic E-state index is 0.0965. The van der Waals surface area contributed by atoms with E-state index in [4.69, 9.17) is 4.74 Å². The zero-order chi connectivity index (χ0) is 15.0. The second-order valence-electron chi connectivity index (χ2n) is 3.99. The maximum Gasteiger partial charge on any atom is 0.203 e. The summed E-state index contributed by atoms with van der Waals surface area (Å²) >= 11 is 0. The predicted molar refractivity (Wildman–Crippen MR) is 79.2 cm³/mol. The van der Waals surface area contributed by atoms with Crippen LogP contribution in [-0.4, -0.2) is 27.0 Å². The SMILES string of the molecule is CC.CCOC(C)c1ccc(-c2nnc(C)nn2)cc1. The first-order valence-corrected chi connectivity index (χ1v) is 6.96. The number of hydrogen-bond acceptors (Lipinski definition) is 5. The lowest BCUT2D eigenvalue weighted by molar-refractivity contribution is 0.0764. The van der Waals surface area contributed by atoms with Crippen molar-refractivity contribution in [1.82, 2.24) is 20.4 Å². The average Bonchev–Trinajstić information content (AvgIpc) is 2.50. The van der Waals surface area contributed by atoms with Crippen LogP contribution in [0.5, 0.6) is 0 Å². The number of aryl methyl sites for hydroxylation is 1. The molecule has 0 aliphatic heterocycles. The molecule has 5 nitrogen and oxygen atoms in total. The fourth-order valence-corrected chi connectivity index (χ4v) is 1.64. The van der Waals surface area contributed by atoms with E-state index in [0.29, 0.717) is 18.3 Å². The lowest BCUT2D eigenvalue weighted by atomic mass is 10.1. The second kappa shape index (κ2) is 8.32. The topological polar surface area (TPSA) is 60.8 Å². The molecule has 0 spiro atoms. The third kappa shape index (κ3) is 4.35. The van der Waals surface area contributed by atoms with Crippen LogP contribution in [0.15, 0.2) is 24.3 Å². The van der Waals surface area contributed by atoms with Crippen molar-refractivity contribution in [2.24, 2.45) is 0 Å². The van der Waals surface area contributed by atoms with Crippen molar-refractivity contribution >= 4 is 0 Å². The van der Waals surface area contributed by atoms with Gasteiger partial charge in [-0.2, -0.15) is 0 Å². The van der Waals surface area contributed by atoms with Crippen molar-refractivity contribution < 1.29 is 4.74 Å². The van der Waals surface area contributed by atoms with E-state index in [1.165, 1.54) is 0 Å². The quantitative estimate of drug-likeness (QED) is 0.855. The van der Waals surface area contributed by atoms with Gasteiger partial charge in [-0.15, -0.1) is 20.4 Å². The summed E-state index contributed by atoms with van der Waals surface area (Å²) in [7, 11) is 0. The van der Waals surface area contributed by atoms with Crippen LogP contribution in [0.1, 0.15) is 45.2 Å². The van der Waals surface area contributed by atoms with E-state index >= 15 is 0 Å². The molecule has 0 radical (unpaired) electrons. The Balaban J connectivity index is 0.000000956. The summed E-state index contributed by atoms with van der Waals surface area (Å²) < 4.78 is 5.53. The van der Waals surface area contributed by atoms with E-state index in [1.54, 1.807) is 6.92 Å². The van der Waals surface area contributed by atoms with Crippen LogP contribution in [0.3, 0.4) is 0 Å². The van der Waals surface area contributed by atoms with Crippen LogP contribution in [-0.2, 0) is 4.74 Å². The summed E-state index contributed by atoms with van der Waals surface area (Å²) in [6.07, 6.45) is 0.0965. The van der Waals surface area contributed by atoms with E-state index in [2.05, 4.69) is 20.4 Å². The van der Waals surface area contributed by atoms with Crippen molar-refractivity contribution in [2.45, 2.75) is 40.7 Å². The lowest BCUT2D eigenvalue weighted by Crippen LogP contribution is -2.00. The molecule has 0 saturated carbocycles. The molecule has 0 N–H and O–H groups in total. The van der Waals surface area contributed by atoms with Crippen LogP contribution in [0.2, 0.25) is 0 Å². The van der Waals surface area contributed by atoms with Crippen LogP contribution in [0, 0.1) is 6.92 Å². The number of aromatic nitrogens is 4. The third-order valence-corrected chi connectivity index (χ3v) is 2.63. The second-order valence-corrected chi connectivity index (χ2v) is 3.99. The highest BCUT2D eigenvalue weighted by Gasteiger charge is 2.07. The number of ether oxygens (including phenoxy) is 1. The Morgan fingerprint density at radius 3 is 2.05 bits per heavy atom. The first kappa shape index (κ1) is 16.2. The molecule has 0 bridgehead atoms. The molecule has 0 saturated heterocycles. The number of hydrogen-bond donors (Lipinski definition) is 0. The van der Waals surface area contributed by atoms with Crippen LogP contribution in [0.25, 0.3) is 11.4 Å². The predicted octanol–water partition coefficient (Wildman–Crippen LogP) is 3.37. The number of rotatable bonds is 4. The van der Waals surface area contributed by atoms with Gasteiger partial charge in [-0.3, -0.25) is 0 Å². The summed E-state index contributed by atoms with van der Waals surface area (Å²) in [5.41, 5.74) is 2.04. The third-order valence-electron chi connectivity index (χ3n) is 2.63. The van der Waals surface area contributed by atoms with Gasteiger partial charge in [0.1, 0.15) is 0 Å². The Labute approximate surface area is 120 Å². The van der Waals surface area contributed by atoms with Crippen molar-refractivity contribution in [2.75, 3.05) is 6.61 Å². The average molecular weight is 274 g/mol. The molecule has 5 heteroatoms. The molecule has 1 aromatic carbocycles. The molecular weight excluding hydrogens is 252 g/mol. The molecule has 1 unspecified atom stereocenters. The summed E-state index contributed by atoms with van der Waals surface area (Å²) in [5.74, 6) is 1.11. The van der Waals surface area contributed by atoms with Crippen molar-refractivity contribution in [3.8, 4) is 11.4 Å². The highest BCUT2D eigenvalue weighted by molar-refractivity contribution is 5.54. The van der Waals surface area contributed by atoms with Gasteiger partial charge in [-0.05, 0) is 26.3 Å². The van der Waals surface area contributed by atoms with Crippen LogP contribution < -0.4 is 0 Å². The molecule has 20 heavy (non-hydrogen) atoms. The molecule has 2 rings (SSSR count). The first-order valence-electron chi connectivity index (χ1n) is 6.96. The molecule has 1 atom stereocenters. The van der Waals surface area contributed by atoms with Gasteiger partial charge in [0, 0.05) is 12.2 Å². The molecule has 0 fully saturated rings. The zero-order valence-corrected chi connectivity index (χ0v) is 12.8. The summed E-state index contributed by atoms with van der Waals surface area (Å²) in [6, 6.07) is 7.94. The van der Waals surface area contributed by atoms with Crippen LogP contribution in [0.4, 0.5) is 0 Å². The van der Waals surface area contributed by atoms with Gasteiger partial charge < -0.3 is 4.74 Å². The molecule has 0 aliphatic rings. The van der Waals surface area contributed by atoms with Gasteiger partial charge >= 0.3 is 0 Å². The largest absolute Gasteiger partial charge is 0.374 e. The van der Waals surface area contributed by atoms with Gasteiger partial charge in [-0.25, -0.2) is 0 Å². The minimum absolute atomic E-state index is 0.0965. The Kier molecular flexibility index (Phi) is 6.73. The van der Waals surface area contributed by atoms with E-state index in [-0.39, 0.29) is 6.10 Å². The van der Waals surface area contributed by atoms with Gasteiger partial charge in [0.15, 0.2) is 5.82 Å². The van der Waals surface area contributed by atoms with Crippen molar-refractivity contribution in [1.29, 1.82) is 0 Å². The van der Waals surface area contributed by atoms with E-state index < -0.39 is 0 Å². The fourth-order valence-electron chi connectivity index (χ4n) is 1.64. The monoisotopic (exact) mass is 274 g/mol. The molecular formula is C15H22N4O. The van der Waals surface area contributed by atoms with E-state index in [1.807, 2.05) is 52.0 Å². The number of benzene rings is 1. The highest BCUT2D eigenvalue weighted by Crippen LogP contribution is 2.20. The minimum Gasteiger partial charge on any atom is -0.374 e. The molecule has 108 valence electrons. The van der Waals surface area contributed by atoms with Gasteiger partial charge in [0.25, 0.3) is 0 Å². The van der Waals surface area contributed by atoms with Gasteiger partial charge in [0.2, 0.25) is 5.82 Å². The van der Waals surface area contributed by atoms with E-state index in [0.717, 1.165) is 11.1 Å². The Morgan fingerprint density at radius 2 is 1.55 bits per heavy atom. The van der Waals surface area contributed by atoms with Gasteiger partial charge in [-0.1, -0.05) is 38.1 Å². The first-order chi connectivity index (χ1) is 9.70. The maximum atomic E-state index is 5.53. The van der Waals surface area contributed by atoms with Crippen molar-refractivity contribution in [3.05, 3.63) is 35.7 Å². The summed E-state index contributed by atoms with van der Waals surface area (Å²) in [4.78, 5) is 0. The standard InChI is InChI=1S/C13H16N4O.C2H6/c1-4-18-9(2)11-5-7-12(8-6-11)13-16-14-10(3)15-17-13;1-2/h5-9H,4H2,1-3H3;1-2H3. The Morgan fingerprint density at radius 1 is 1.00 bits per heavy atom. The maximum absolute atomic E-state index is 5.53. The molecule has 1 heterocycles.